The van der Waals surface area contributed by atoms with Gasteiger partial charge in [-0.2, -0.15) is 0 Å². The summed E-state index contributed by atoms with van der Waals surface area (Å²) in [5, 5.41) is 12.2. The van der Waals surface area contributed by atoms with Crippen LogP contribution < -0.4 is 5.32 Å². The predicted molar refractivity (Wildman–Crippen MR) is 94.5 cm³/mol. The zero-order valence-electron chi connectivity index (χ0n) is 14.4. The highest BCUT2D eigenvalue weighted by Gasteiger charge is 2.33. The Morgan fingerprint density at radius 1 is 1.20 bits per heavy atom. The maximum absolute atomic E-state index is 12.8. The largest absolute Gasteiger partial charge is 0.481 e. The molecule has 0 bridgehead atoms. The summed E-state index contributed by atoms with van der Waals surface area (Å²) in [6.45, 7) is 4.50. The molecule has 0 spiro atoms. The number of nitrogens with one attached hydrogen (secondary N) is 1. The van der Waals surface area contributed by atoms with Crippen LogP contribution in [0.3, 0.4) is 0 Å². The lowest BCUT2D eigenvalue weighted by Gasteiger charge is -2.34. The van der Waals surface area contributed by atoms with E-state index in [1.54, 1.807) is 29.2 Å². The van der Waals surface area contributed by atoms with Crippen molar-refractivity contribution in [2.75, 3.05) is 13.1 Å². The Balaban J connectivity index is 2.05. The van der Waals surface area contributed by atoms with Gasteiger partial charge in [0.1, 0.15) is 6.04 Å². The summed E-state index contributed by atoms with van der Waals surface area (Å²) < 4.78 is 0. The fraction of sp³-hybridized carbons (Fsp3) is 0.500. The number of carboxylic acid groups (broad SMARTS) is 1. The molecule has 25 heavy (non-hydrogen) atoms. The van der Waals surface area contributed by atoms with E-state index in [0.29, 0.717) is 36.5 Å². The van der Waals surface area contributed by atoms with Crippen LogP contribution in [0.4, 0.5) is 0 Å². The van der Waals surface area contributed by atoms with Crippen LogP contribution in [-0.4, -0.2) is 46.9 Å². The summed E-state index contributed by atoms with van der Waals surface area (Å²) >= 11 is 6.04. The van der Waals surface area contributed by atoms with Gasteiger partial charge < -0.3 is 15.3 Å². The number of halogens is 1. The molecule has 0 radical (unpaired) electrons. The Morgan fingerprint density at radius 3 is 2.32 bits per heavy atom. The van der Waals surface area contributed by atoms with E-state index in [0.717, 1.165) is 0 Å². The SMILES string of the molecule is CC(C)C(NC(=O)c1ccccc1Cl)C(=O)N1CCC(C(=O)O)CC1. The average Bonchev–Trinajstić information content (AvgIpc) is 2.59. The van der Waals surface area contributed by atoms with E-state index in [2.05, 4.69) is 5.32 Å². The number of carbonyl (C=O) groups excluding carboxylic acids is 2. The van der Waals surface area contributed by atoms with Crippen molar-refractivity contribution in [3.63, 3.8) is 0 Å². The molecule has 2 amide bonds. The Bertz CT molecular complexity index is 654. The number of nitrogens with zero attached hydrogens (tertiary/aromatic N) is 1. The third-order valence-electron chi connectivity index (χ3n) is 4.49. The Hall–Kier alpha value is -2.08. The predicted octanol–water partition coefficient (Wildman–Crippen LogP) is 2.42. The summed E-state index contributed by atoms with van der Waals surface area (Å²) in [7, 11) is 0. The zero-order valence-corrected chi connectivity index (χ0v) is 15.1. The molecule has 1 heterocycles. The van der Waals surface area contributed by atoms with E-state index in [-0.39, 0.29) is 11.8 Å². The molecule has 1 unspecified atom stereocenters. The molecule has 0 aromatic heterocycles. The highest BCUT2D eigenvalue weighted by molar-refractivity contribution is 6.33. The molecule has 1 aromatic rings. The van der Waals surface area contributed by atoms with Crippen molar-refractivity contribution in [1.82, 2.24) is 10.2 Å². The van der Waals surface area contributed by atoms with Crippen LogP contribution in [-0.2, 0) is 9.59 Å². The number of likely N-dealkylation sites (tertiary alicyclic amines) is 1. The molecule has 1 saturated heterocycles. The number of rotatable bonds is 5. The van der Waals surface area contributed by atoms with Crippen molar-refractivity contribution in [1.29, 1.82) is 0 Å². The normalized spacial score (nSPS) is 16.6. The molecule has 2 rings (SSSR count). The van der Waals surface area contributed by atoms with Gasteiger partial charge in [0.25, 0.3) is 5.91 Å². The maximum Gasteiger partial charge on any atom is 0.306 e. The minimum Gasteiger partial charge on any atom is -0.481 e. The lowest BCUT2D eigenvalue weighted by atomic mass is 9.95. The molecular weight excluding hydrogens is 344 g/mol. The van der Waals surface area contributed by atoms with Crippen LogP contribution in [0.2, 0.25) is 5.02 Å². The first-order valence-corrected chi connectivity index (χ1v) is 8.76. The highest BCUT2D eigenvalue weighted by atomic mass is 35.5. The summed E-state index contributed by atoms with van der Waals surface area (Å²) in [6, 6.07) is 6.00. The van der Waals surface area contributed by atoms with Gasteiger partial charge in [-0.15, -0.1) is 0 Å². The summed E-state index contributed by atoms with van der Waals surface area (Å²) in [5.41, 5.74) is 0.326. The smallest absolute Gasteiger partial charge is 0.306 e. The fourth-order valence-electron chi connectivity index (χ4n) is 2.92. The minimum atomic E-state index is -0.820. The molecule has 136 valence electrons. The fourth-order valence-corrected chi connectivity index (χ4v) is 3.14. The van der Waals surface area contributed by atoms with Gasteiger partial charge in [-0.05, 0) is 30.9 Å². The molecule has 7 heteroatoms. The van der Waals surface area contributed by atoms with Gasteiger partial charge >= 0.3 is 5.97 Å². The third-order valence-corrected chi connectivity index (χ3v) is 4.82. The van der Waals surface area contributed by atoms with Crippen LogP contribution in [0.1, 0.15) is 37.0 Å². The van der Waals surface area contributed by atoms with E-state index in [1.807, 2.05) is 13.8 Å². The van der Waals surface area contributed by atoms with E-state index in [4.69, 9.17) is 16.7 Å². The van der Waals surface area contributed by atoms with E-state index in [1.165, 1.54) is 0 Å². The van der Waals surface area contributed by atoms with Gasteiger partial charge in [-0.1, -0.05) is 37.6 Å². The molecule has 1 aliphatic rings. The van der Waals surface area contributed by atoms with Gasteiger partial charge in [-0.25, -0.2) is 0 Å². The second kappa shape index (κ2) is 8.34. The monoisotopic (exact) mass is 366 g/mol. The standard InChI is InChI=1S/C18H23ClN2O4/c1-11(2)15(20-16(22)13-5-3-4-6-14(13)19)17(23)21-9-7-12(8-10-21)18(24)25/h3-6,11-12,15H,7-10H2,1-2H3,(H,20,22)(H,24,25). The Labute approximate surface area is 152 Å². The molecule has 1 fully saturated rings. The Kier molecular flexibility index (Phi) is 6.42. The van der Waals surface area contributed by atoms with Crippen LogP contribution >= 0.6 is 11.6 Å². The maximum atomic E-state index is 12.8. The van der Waals surface area contributed by atoms with Crippen molar-refractivity contribution in [2.45, 2.75) is 32.7 Å². The van der Waals surface area contributed by atoms with Gasteiger partial charge in [0.2, 0.25) is 5.91 Å². The third kappa shape index (κ3) is 4.72. The molecular formula is C18H23ClN2O4. The highest BCUT2D eigenvalue weighted by Crippen LogP contribution is 2.20. The number of piperidine rings is 1. The van der Waals surface area contributed by atoms with E-state index < -0.39 is 23.8 Å². The van der Waals surface area contributed by atoms with Gasteiger partial charge in [0.15, 0.2) is 0 Å². The molecule has 1 atom stereocenters. The topological polar surface area (TPSA) is 86.7 Å². The number of carboxylic acids is 1. The van der Waals surface area contributed by atoms with Crippen LogP contribution in [0.15, 0.2) is 24.3 Å². The first-order valence-electron chi connectivity index (χ1n) is 8.38. The van der Waals surface area contributed by atoms with E-state index >= 15 is 0 Å². The van der Waals surface area contributed by atoms with Gasteiger partial charge in [0, 0.05) is 13.1 Å². The van der Waals surface area contributed by atoms with Crippen molar-refractivity contribution in [3.8, 4) is 0 Å². The summed E-state index contributed by atoms with van der Waals surface area (Å²) in [6.07, 6.45) is 0.870. The van der Waals surface area contributed by atoms with Crippen molar-refractivity contribution in [2.24, 2.45) is 11.8 Å². The minimum absolute atomic E-state index is 0.101. The quantitative estimate of drug-likeness (QED) is 0.837. The van der Waals surface area contributed by atoms with Gasteiger partial charge in [0.05, 0.1) is 16.5 Å². The van der Waals surface area contributed by atoms with E-state index in [9.17, 15) is 14.4 Å². The van der Waals surface area contributed by atoms with Crippen molar-refractivity contribution < 1.29 is 19.5 Å². The number of hydrogen-bond donors (Lipinski definition) is 2. The van der Waals surface area contributed by atoms with Crippen LogP contribution in [0, 0.1) is 11.8 Å². The summed E-state index contributed by atoms with van der Waals surface area (Å²) in [4.78, 5) is 37.9. The Morgan fingerprint density at radius 2 is 1.80 bits per heavy atom. The second-order valence-electron chi connectivity index (χ2n) is 6.61. The molecule has 1 aromatic carbocycles. The number of amides is 2. The zero-order chi connectivity index (χ0) is 18.6. The number of hydrogen-bond acceptors (Lipinski definition) is 3. The lowest BCUT2D eigenvalue weighted by Crippen LogP contribution is -2.53. The lowest BCUT2D eigenvalue weighted by molar-refractivity contribution is -0.146. The molecule has 1 aliphatic heterocycles. The first-order chi connectivity index (χ1) is 11.8. The van der Waals surface area contributed by atoms with Crippen LogP contribution in [0.25, 0.3) is 0 Å². The first kappa shape index (κ1) is 19.2. The number of benzene rings is 1. The number of aliphatic carboxylic acids is 1. The van der Waals surface area contributed by atoms with Gasteiger partial charge in [-0.3, -0.25) is 14.4 Å². The molecule has 0 aliphatic carbocycles. The number of carbonyl (C=O) groups is 3. The van der Waals surface area contributed by atoms with Crippen molar-refractivity contribution in [3.05, 3.63) is 34.9 Å². The molecule has 6 nitrogen and oxygen atoms in total. The average molecular weight is 367 g/mol. The van der Waals surface area contributed by atoms with Crippen molar-refractivity contribution >= 4 is 29.4 Å². The molecule has 0 saturated carbocycles. The van der Waals surface area contributed by atoms with Crippen LogP contribution in [0.5, 0.6) is 0 Å². The second-order valence-corrected chi connectivity index (χ2v) is 7.02. The molecule has 2 N–H and O–H groups in total. The summed E-state index contributed by atoms with van der Waals surface area (Å²) in [5.74, 6) is -1.90.